The zero-order chi connectivity index (χ0) is 25.9. The monoisotopic (exact) mass is 516 g/mol. The van der Waals surface area contributed by atoms with Gasteiger partial charge in [-0.25, -0.2) is 8.78 Å². The van der Waals surface area contributed by atoms with E-state index >= 15 is 8.78 Å². The molecule has 0 bridgehead atoms. The minimum Gasteiger partial charge on any atom is -0.311 e. The Kier molecular flexibility index (Phi) is 6.30. The molecule has 7 heteroatoms. The third-order valence-corrected chi connectivity index (χ3v) is 6.58. The Bertz CT molecular complexity index is 1740. The molecule has 38 heavy (non-hydrogen) atoms. The van der Waals surface area contributed by atoms with E-state index in [1.807, 2.05) is 72.8 Å². The predicted octanol–water partition coefficient (Wildman–Crippen LogP) is 7.90. The molecule has 0 N–H and O–H groups in total. The molecule has 4 aromatic carbocycles. The van der Waals surface area contributed by atoms with Crippen LogP contribution in [0.15, 0.2) is 109 Å². The van der Waals surface area contributed by atoms with Gasteiger partial charge in [-0.3, -0.25) is 4.98 Å². The van der Waals surface area contributed by atoms with Crippen molar-refractivity contribution in [2.45, 2.75) is 0 Å². The van der Waals surface area contributed by atoms with Crippen molar-refractivity contribution in [1.29, 1.82) is 0 Å². The van der Waals surface area contributed by atoms with E-state index in [0.717, 1.165) is 28.8 Å². The molecule has 0 aliphatic carbocycles. The van der Waals surface area contributed by atoms with Gasteiger partial charge in [0.1, 0.15) is 11.0 Å². The van der Waals surface area contributed by atoms with Crippen LogP contribution >= 0.6 is 11.7 Å². The van der Waals surface area contributed by atoms with E-state index in [1.54, 1.807) is 36.7 Å². The Labute approximate surface area is 222 Å². The summed E-state index contributed by atoms with van der Waals surface area (Å²) in [6.07, 6.45) is 3.18. The summed E-state index contributed by atoms with van der Waals surface area (Å²) in [5, 5.41) is 0. The van der Waals surface area contributed by atoms with Gasteiger partial charge in [0.05, 0.1) is 17.3 Å². The number of aromatic nitrogens is 3. The molecule has 2 heterocycles. The van der Waals surface area contributed by atoms with E-state index in [-0.39, 0.29) is 22.2 Å². The Morgan fingerprint density at radius 2 is 1.18 bits per heavy atom. The van der Waals surface area contributed by atoms with Crippen LogP contribution in [0.4, 0.5) is 25.8 Å². The molecular formula is C31H18F2N4S. The smallest absolute Gasteiger partial charge is 0.177 e. The van der Waals surface area contributed by atoms with Crippen LogP contribution in [-0.2, 0) is 0 Å². The third kappa shape index (κ3) is 4.38. The lowest BCUT2D eigenvalue weighted by molar-refractivity contribution is 0.511. The number of para-hydroxylation sites is 2. The molecule has 6 rings (SSSR count). The van der Waals surface area contributed by atoms with Crippen molar-refractivity contribution in [3.63, 3.8) is 0 Å². The number of nitrogens with zero attached hydrogens (tertiary/aromatic N) is 4. The summed E-state index contributed by atoms with van der Waals surface area (Å²) >= 11 is 0.898. The molecule has 182 valence electrons. The molecule has 4 nitrogen and oxygen atoms in total. The van der Waals surface area contributed by atoms with Crippen LogP contribution in [0.2, 0.25) is 0 Å². The molecule has 0 amide bonds. The largest absolute Gasteiger partial charge is 0.311 e. The quantitative estimate of drug-likeness (QED) is 0.223. The number of hydrogen-bond acceptors (Lipinski definition) is 5. The second-order valence-electron chi connectivity index (χ2n) is 8.38. The summed E-state index contributed by atoms with van der Waals surface area (Å²) < 4.78 is 39.4. The van der Waals surface area contributed by atoms with E-state index in [9.17, 15) is 0 Å². The lowest BCUT2D eigenvalue weighted by Gasteiger charge is -2.25. The van der Waals surface area contributed by atoms with E-state index in [4.69, 9.17) is 0 Å². The number of halogens is 2. The molecule has 0 atom stereocenters. The standard InChI is InChI=1S/C31H18F2N4S/c32-28-26(16-11-21-17-19-34-20-18-21)30-31(36-38-35-30)27(29(28)33)22-12-14-25(15-13-22)37(23-7-3-1-4-8-23)24-9-5-2-6-10-24/h1-10,12-15,17-20H. The molecule has 0 saturated carbocycles. The topological polar surface area (TPSA) is 41.9 Å². The van der Waals surface area contributed by atoms with Gasteiger partial charge in [0.15, 0.2) is 11.6 Å². The van der Waals surface area contributed by atoms with Crippen LogP contribution in [0.5, 0.6) is 0 Å². The number of anilines is 3. The van der Waals surface area contributed by atoms with Gasteiger partial charge in [-0.2, -0.15) is 8.75 Å². The van der Waals surface area contributed by atoms with E-state index in [2.05, 4.69) is 30.5 Å². The first kappa shape index (κ1) is 23.5. The van der Waals surface area contributed by atoms with Gasteiger partial charge in [0.2, 0.25) is 0 Å². The van der Waals surface area contributed by atoms with Crippen molar-refractivity contribution in [1.82, 2.24) is 13.7 Å². The Morgan fingerprint density at radius 3 is 1.82 bits per heavy atom. The average Bonchev–Trinajstić information content (AvgIpc) is 3.45. The number of benzene rings is 4. The van der Waals surface area contributed by atoms with Crippen molar-refractivity contribution >= 4 is 39.8 Å². The highest BCUT2D eigenvalue weighted by atomic mass is 32.1. The Hall–Kier alpha value is -4.93. The molecule has 0 spiro atoms. The summed E-state index contributed by atoms with van der Waals surface area (Å²) in [4.78, 5) is 6.04. The molecule has 0 aliphatic rings. The number of pyridine rings is 1. The lowest BCUT2D eigenvalue weighted by Crippen LogP contribution is -2.09. The highest BCUT2D eigenvalue weighted by Crippen LogP contribution is 2.38. The maximum atomic E-state index is 15.5. The van der Waals surface area contributed by atoms with Crippen LogP contribution < -0.4 is 4.90 Å². The summed E-state index contributed by atoms with van der Waals surface area (Å²) in [7, 11) is 0. The van der Waals surface area contributed by atoms with E-state index < -0.39 is 11.6 Å². The second-order valence-corrected chi connectivity index (χ2v) is 8.91. The molecule has 0 fully saturated rings. The van der Waals surface area contributed by atoms with Crippen molar-refractivity contribution in [2.75, 3.05) is 4.90 Å². The fourth-order valence-corrected chi connectivity index (χ4v) is 4.83. The first-order valence-electron chi connectivity index (χ1n) is 11.8. The average molecular weight is 517 g/mol. The molecule has 0 saturated heterocycles. The van der Waals surface area contributed by atoms with Gasteiger partial charge in [-0.15, -0.1) is 0 Å². The van der Waals surface area contributed by atoms with E-state index in [0.29, 0.717) is 11.1 Å². The van der Waals surface area contributed by atoms with Crippen LogP contribution in [0.1, 0.15) is 11.1 Å². The molecule has 2 aromatic heterocycles. The van der Waals surface area contributed by atoms with Crippen molar-refractivity contribution in [3.05, 3.63) is 132 Å². The van der Waals surface area contributed by atoms with Gasteiger partial charge < -0.3 is 4.90 Å². The summed E-state index contributed by atoms with van der Waals surface area (Å²) in [6.45, 7) is 0. The normalized spacial score (nSPS) is 10.7. The molecule has 0 aliphatic heterocycles. The van der Waals surface area contributed by atoms with Crippen LogP contribution in [0.25, 0.3) is 22.2 Å². The molecule has 6 aromatic rings. The first-order valence-corrected chi connectivity index (χ1v) is 12.5. The highest BCUT2D eigenvalue weighted by Gasteiger charge is 2.23. The third-order valence-electron chi connectivity index (χ3n) is 6.05. The fourth-order valence-electron chi connectivity index (χ4n) is 4.27. The van der Waals surface area contributed by atoms with E-state index in [1.165, 1.54) is 0 Å². The molecule has 0 radical (unpaired) electrons. The highest BCUT2D eigenvalue weighted by molar-refractivity contribution is 7.00. The molecular weight excluding hydrogens is 498 g/mol. The van der Waals surface area contributed by atoms with Crippen LogP contribution in [-0.4, -0.2) is 13.7 Å². The Balaban J connectivity index is 1.44. The zero-order valence-corrected chi connectivity index (χ0v) is 20.7. The minimum atomic E-state index is -1.04. The van der Waals surface area contributed by atoms with Gasteiger partial charge in [-0.1, -0.05) is 60.4 Å². The maximum absolute atomic E-state index is 15.5. The fraction of sp³-hybridized carbons (Fsp3) is 0. The van der Waals surface area contributed by atoms with Gasteiger partial charge in [-0.05, 0) is 54.1 Å². The van der Waals surface area contributed by atoms with Gasteiger partial charge >= 0.3 is 0 Å². The lowest BCUT2D eigenvalue weighted by atomic mass is 9.99. The van der Waals surface area contributed by atoms with Crippen molar-refractivity contribution in [2.24, 2.45) is 0 Å². The van der Waals surface area contributed by atoms with Crippen LogP contribution in [0.3, 0.4) is 0 Å². The summed E-state index contributed by atoms with van der Waals surface area (Å²) in [5.74, 6) is 3.56. The minimum absolute atomic E-state index is 0.0678. The number of hydrogen-bond donors (Lipinski definition) is 0. The predicted molar refractivity (Wildman–Crippen MR) is 148 cm³/mol. The molecule has 0 unspecified atom stereocenters. The SMILES string of the molecule is Fc1c(F)c(-c2ccc(N(c3ccccc3)c3ccccc3)cc2)c2nsnc2c1C#Cc1ccncc1. The van der Waals surface area contributed by atoms with Crippen LogP contribution in [0, 0.1) is 23.5 Å². The Morgan fingerprint density at radius 1 is 0.605 bits per heavy atom. The van der Waals surface area contributed by atoms with Gasteiger partial charge in [0, 0.05) is 40.6 Å². The number of fused-ring (bicyclic) bond motifs is 1. The summed E-state index contributed by atoms with van der Waals surface area (Å²) in [5.41, 5.74) is 4.45. The van der Waals surface area contributed by atoms with Crippen molar-refractivity contribution in [3.8, 4) is 23.0 Å². The zero-order valence-electron chi connectivity index (χ0n) is 19.8. The number of rotatable bonds is 4. The van der Waals surface area contributed by atoms with Gasteiger partial charge in [0.25, 0.3) is 0 Å². The summed E-state index contributed by atoms with van der Waals surface area (Å²) in [6, 6.07) is 30.6. The maximum Gasteiger partial charge on any atom is 0.177 e. The van der Waals surface area contributed by atoms with Crippen molar-refractivity contribution < 1.29 is 8.78 Å². The second kappa shape index (κ2) is 10.2. The first-order chi connectivity index (χ1) is 18.7.